The van der Waals surface area contributed by atoms with E-state index in [0.29, 0.717) is 17.8 Å². The van der Waals surface area contributed by atoms with Crippen LogP contribution in [-0.4, -0.2) is 18.9 Å². The SMILES string of the molecule is CN(C(=O)C1CC1)c1ccccc1C(=O)NCc1ccc2c(c1)CNC2.Cl. The number of nitrogens with one attached hydrogen (secondary N) is 2. The summed E-state index contributed by atoms with van der Waals surface area (Å²) in [6, 6.07) is 13.6. The van der Waals surface area contributed by atoms with Crippen LogP contribution in [-0.2, 0) is 24.4 Å². The number of anilines is 1. The van der Waals surface area contributed by atoms with Gasteiger partial charge < -0.3 is 15.5 Å². The number of hydrogen-bond donors (Lipinski definition) is 2. The maximum atomic E-state index is 12.7. The van der Waals surface area contributed by atoms with Crippen molar-refractivity contribution >= 4 is 29.9 Å². The standard InChI is InChI=1S/C21H23N3O2.ClH/c1-24(21(26)15-8-9-15)19-5-3-2-4-18(19)20(25)23-11-14-6-7-16-12-22-13-17(16)10-14;/h2-7,10,15,22H,8-9,11-13H2,1H3,(H,23,25);1H. The molecular formula is C21H24ClN3O2. The van der Waals surface area contributed by atoms with Gasteiger partial charge in [0.15, 0.2) is 0 Å². The second-order valence-corrected chi connectivity index (χ2v) is 7.08. The van der Waals surface area contributed by atoms with E-state index in [2.05, 4.69) is 28.8 Å². The van der Waals surface area contributed by atoms with Gasteiger partial charge in [-0.3, -0.25) is 9.59 Å². The molecule has 142 valence electrons. The summed E-state index contributed by atoms with van der Waals surface area (Å²) < 4.78 is 0. The fourth-order valence-corrected chi connectivity index (χ4v) is 3.42. The molecule has 27 heavy (non-hydrogen) atoms. The molecule has 0 saturated heterocycles. The normalized spacial score (nSPS) is 14.9. The highest BCUT2D eigenvalue weighted by Crippen LogP contribution is 2.33. The highest BCUT2D eigenvalue weighted by atomic mass is 35.5. The lowest BCUT2D eigenvalue weighted by atomic mass is 10.1. The van der Waals surface area contributed by atoms with Gasteiger partial charge in [0, 0.05) is 32.6 Å². The number of fused-ring (bicyclic) bond motifs is 1. The first kappa shape index (κ1) is 19.4. The third-order valence-corrected chi connectivity index (χ3v) is 5.12. The molecule has 1 fully saturated rings. The Labute approximate surface area is 165 Å². The van der Waals surface area contributed by atoms with Crippen molar-refractivity contribution in [2.24, 2.45) is 5.92 Å². The molecule has 0 unspecified atom stereocenters. The molecule has 5 nitrogen and oxygen atoms in total. The van der Waals surface area contributed by atoms with Crippen molar-refractivity contribution in [3.8, 4) is 0 Å². The summed E-state index contributed by atoms with van der Waals surface area (Å²) >= 11 is 0. The van der Waals surface area contributed by atoms with E-state index in [1.54, 1.807) is 18.0 Å². The van der Waals surface area contributed by atoms with E-state index in [4.69, 9.17) is 0 Å². The Hall–Kier alpha value is -2.37. The van der Waals surface area contributed by atoms with E-state index >= 15 is 0 Å². The number of nitrogens with zero attached hydrogens (tertiary/aromatic N) is 1. The van der Waals surface area contributed by atoms with Gasteiger partial charge in [-0.15, -0.1) is 12.4 Å². The minimum atomic E-state index is -0.158. The Balaban J connectivity index is 0.00000210. The Morgan fingerprint density at radius 1 is 1.11 bits per heavy atom. The van der Waals surface area contributed by atoms with Gasteiger partial charge in [0.25, 0.3) is 5.91 Å². The molecule has 4 rings (SSSR count). The third-order valence-electron chi connectivity index (χ3n) is 5.12. The minimum absolute atomic E-state index is 0. The smallest absolute Gasteiger partial charge is 0.253 e. The molecule has 6 heteroatoms. The largest absolute Gasteiger partial charge is 0.348 e. The van der Waals surface area contributed by atoms with Crippen LogP contribution in [0, 0.1) is 5.92 Å². The van der Waals surface area contributed by atoms with Gasteiger partial charge in [0.05, 0.1) is 11.3 Å². The van der Waals surface area contributed by atoms with Crippen LogP contribution in [0.25, 0.3) is 0 Å². The molecule has 0 aromatic heterocycles. The van der Waals surface area contributed by atoms with Crippen LogP contribution >= 0.6 is 12.4 Å². The lowest BCUT2D eigenvalue weighted by Crippen LogP contribution is -2.31. The number of rotatable bonds is 5. The van der Waals surface area contributed by atoms with E-state index in [9.17, 15) is 9.59 Å². The number of para-hydroxylation sites is 1. The monoisotopic (exact) mass is 385 g/mol. The molecule has 0 spiro atoms. The number of carbonyl (C=O) groups excluding carboxylic acids is 2. The molecule has 2 amide bonds. The number of halogens is 1. The quantitative estimate of drug-likeness (QED) is 0.831. The van der Waals surface area contributed by atoms with E-state index in [0.717, 1.165) is 31.5 Å². The highest BCUT2D eigenvalue weighted by Gasteiger charge is 2.33. The summed E-state index contributed by atoms with van der Waals surface area (Å²) in [5.41, 5.74) is 4.91. The van der Waals surface area contributed by atoms with Crippen LogP contribution in [0.2, 0.25) is 0 Å². The topological polar surface area (TPSA) is 61.4 Å². The Morgan fingerprint density at radius 2 is 1.85 bits per heavy atom. The summed E-state index contributed by atoms with van der Waals surface area (Å²) in [4.78, 5) is 26.7. The summed E-state index contributed by atoms with van der Waals surface area (Å²) in [6.45, 7) is 2.27. The van der Waals surface area contributed by atoms with Crippen LogP contribution in [0.1, 0.15) is 39.9 Å². The molecule has 1 aliphatic heterocycles. The predicted octanol–water partition coefficient (Wildman–Crippen LogP) is 3.01. The van der Waals surface area contributed by atoms with Gasteiger partial charge >= 0.3 is 0 Å². The molecule has 0 bridgehead atoms. The number of carbonyl (C=O) groups is 2. The molecule has 2 N–H and O–H groups in total. The molecule has 2 aromatic rings. The van der Waals surface area contributed by atoms with Crippen LogP contribution < -0.4 is 15.5 Å². The molecule has 1 heterocycles. The first-order valence-corrected chi connectivity index (χ1v) is 9.09. The summed E-state index contributed by atoms with van der Waals surface area (Å²) in [6.07, 6.45) is 1.90. The first-order chi connectivity index (χ1) is 12.6. The van der Waals surface area contributed by atoms with E-state index < -0.39 is 0 Å². The molecule has 1 aliphatic carbocycles. The summed E-state index contributed by atoms with van der Waals surface area (Å²) in [7, 11) is 1.75. The molecule has 1 saturated carbocycles. The number of benzene rings is 2. The third kappa shape index (κ3) is 4.15. The Bertz CT molecular complexity index is 864. The van der Waals surface area contributed by atoms with Crippen molar-refractivity contribution in [2.75, 3.05) is 11.9 Å². The Morgan fingerprint density at radius 3 is 2.63 bits per heavy atom. The predicted molar refractivity (Wildman–Crippen MR) is 108 cm³/mol. The fourth-order valence-electron chi connectivity index (χ4n) is 3.42. The lowest BCUT2D eigenvalue weighted by Gasteiger charge is -2.20. The van der Waals surface area contributed by atoms with E-state index in [1.807, 2.05) is 18.2 Å². The molecule has 2 aromatic carbocycles. The van der Waals surface area contributed by atoms with Gasteiger partial charge in [-0.25, -0.2) is 0 Å². The maximum Gasteiger partial charge on any atom is 0.253 e. The molecule has 2 aliphatic rings. The minimum Gasteiger partial charge on any atom is -0.348 e. The molecular weight excluding hydrogens is 362 g/mol. The summed E-state index contributed by atoms with van der Waals surface area (Å²) in [5, 5.41) is 6.31. The highest BCUT2D eigenvalue weighted by molar-refractivity contribution is 6.05. The van der Waals surface area contributed by atoms with Gasteiger partial charge in [-0.2, -0.15) is 0 Å². The van der Waals surface area contributed by atoms with Crippen LogP contribution in [0.15, 0.2) is 42.5 Å². The zero-order valence-corrected chi connectivity index (χ0v) is 16.1. The van der Waals surface area contributed by atoms with Crippen molar-refractivity contribution in [1.29, 1.82) is 0 Å². The summed E-state index contributed by atoms with van der Waals surface area (Å²) in [5.74, 6) is 0.0576. The zero-order valence-electron chi connectivity index (χ0n) is 15.3. The van der Waals surface area contributed by atoms with Crippen LogP contribution in [0.5, 0.6) is 0 Å². The second-order valence-electron chi connectivity index (χ2n) is 7.08. The van der Waals surface area contributed by atoms with Crippen molar-refractivity contribution in [3.63, 3.8) is 0 Å². The van der Waals surface area contributed by atoms with Crippen molar-refractivity contribution in [1.82, 2.24) is 10.6 Å². The fraction of sp³-hybridized carbons (Fsp3) is 0.333. The number of hydrogen-bond acceptors (Lipinski definition) is 3. The second kappa shape index (κ2) is 8.11. The van der Waals surface area contributed by atoms with Gasteiger partial charge in [0.2, 0.25) is 5.91 Å². The maximum absolute atomic E-state index is 12.7. The Kier molecular flexibility index (Phi) is 5.82. The van der Waals surface area contributed by atoms with Gasteiger partial charge in [-0.1, -0.05) is 30.3 Å². The van der Waals surface area contributed by atoms with Gasteiger partial charge in [0.1, 0.15) is 0 Å². The van der Waals surface area contributed by atoms with E-state index in [1.165, 1.54) is 11.1 Å². The molecule has 0 radical (unpaired) electrons. The van der Waals surface area contributed by atoms with Crippen molar-refractivity contribution in [3.05, 3.63) is 64.7 Å². The first-order valence-electron chi connectivity index (χ1n) is 9.09. The van der Waals surface area contributed by atoms with Gasteiger partial charge in [-0.05, 0) is 41.7 Å². The van der Waals surface area contributed by atoms with Crippen LogP contribution in [0.3, 0.4) is 0 Å². The molecule has 0 atom stereocenters. The zero-order chi connectivity index (χ0) is 18.1. The van der Waals surface area contributed by atoms with Crippen molar-refractivity contribution in [2.45, 2.75) is 32.5 Å². The van der Waals surface area contributed by atoms with E-state index in [-0.39, 0.29) is 30.1 Å². The van der Waals surface area contributed by atoms with Crippen molar-refractivity contribution < 1.29 is 9.59 Å². The lowest BCUT2D eigenvalue weighted by molar-refractivity contribution is -0.119. The number of amides is 2. The average Bonchev–Trinajstić information content (AvgIpc) is 3.42. The van der Waals surface area contributed by atoms with Crippen LogP contribution in [0.4, 0.5) is 5.69 Å². The average molecular weight is 386 g/mol.